The summed E-state index contributed by atoms with van der Waals surface area (Å²) in [6.07, 6.45) is 0.655. The van der Waals surface area contributed by atoms with Crippen LogP contribution < -0.4 is 5.32 Å². The number of anilines is 1. The van der Waals surface area contributed by atoms with Crippen molar-refractivity contribution in [3.8, 4) is 0 Å². The Balaban J connectivity index is 2.13. The fraction of sp³-hybridized carbons (Fsp3) is 0.0909. The van der Waals surface area contributed by atoms with E-state index in [-0.39, 0.29) is 22.3 Å². The van der Waals surface area contributed by atoms with Crippen LogP contribution in [0.25, 0.3) is 0 Å². The van der Waals surface area contributed by atoms with Gasteiger partial charge in [0.15, 0.2) is 5.13 Å². The molecule has 0 aromatic carbocycles. The quantitative estimate of drug-likeness (QED) is 0.844. The van der Waals surface area contributed by atoms with Crippen molar-refractivity contribution in [1.82, 2.24) is 9.97 Å². The molecule has 9 heteroatoms. The molecule has 0 fully saturated rings. The van der Waals surface area contributed by atoms with Crippen LogP contribution >= 0.6 is 22.9 Å². The summed E-state index contributed by atoms with van der Waals surface area (Å²) in [5, 5.41) is 12.6. The molecule has 6 nitrogen and oxygen atoms in total. The number of carboxylic acids is 1. The van der Waals surface area contributed by atoms with Gasteiger partial charge in [-0.3, -0.25) is 14.9 Å². The molecular formula is C11H7ClFN3O3S. The first-order valence-corrected chi connectivity index (χ1v) is 6.50. The van der Waals surface area contributed by atoms with Crippen molar-refractivity contribution < 1.29 is 19.1 Å². The zero-order valence-electron chi connectivity index (χ0n) is 9.76. The number of carboxylic acid groups (broad SMARTS) is 1. The number of hydrogen-bond donors (Lipinski definition) is 2. The third-order valence-corrected chi connectivity index (χ3v) is 3.26. The number of carbonyl (C=O) groups is 2. The van der Waals surface area contributed by atoms with Gasteiger partial charge in [-0.05, 0) is 6.07 Å². The van der Waals surface area contributed by atoms with Gasteiger partial charge < -0.3 is 5.11 Å². The van der Waals surface area contributed by atoms with Gasteiger partial charge in [-0.25, -0.2) is 14.4 Å². The maximum Gasteiger partial charge on any atom is 0.309 e. The van der Waals surface area contributed by atoms with Gasteiger partial charge in [0, 0.05) is 5.38 Å². The molecule has 0 saturated carbocycles. The predicted molar refractivity (Wildman–Crippen MR) is 70.6 cm³/mol. The maximum atomic E-state index is 13.0. The van der Waals surface area contributed by atoms with Gasteiger partial charge in [-0.2, -0.15) is 0 Å². The molecule has 2 heterocycles. The van der Waals surface area contributed by atoms with Gasteiger partial charge in [-0.1, -0.05) is 11.6 Å². The largest absolute Gasteiger partial charge is 0.481 e. The van der Waals surface area contributed by atoms with E-state index in [9.17, 15) is 14.0 Å². The van der Waals surface area contributed by atoms with Gasteiger partial charge in [-0.15, -0.1) is 11.3 Å². The first-order chi connectivity index (χ1) is 9.45. The minimum absolute atomic E-state index is 0.123. The summed E-state index contributed by atoms with van der Waals surface area (Å²) in [5.74, 6) is -2.38. The molecule has 0 unspecified atom stereocenters. The number of aromatic nitrogens is 2. The van der Waals surface area contributed by atoms with E-state index in [0.717, 1.165) is 23.6 Å². The van der Waals surface area contributed by atoms with Crippen molar-refractivity contribution in [3.05, 3.63) is 39.9 Å². The van der Waals surface area contributed by atoms with Crippen LogP contribution in [-0.2, 0) is 11.2 Å². The normalized spacial score (nSPS) is 10.3. The second-order valence-corrected chi connectivity index (χ2v) is 4.88. The SMILES string of the molecule is O=C(O)Cc1csc(NC(=O)c2cc(F)cnc2Cl)n1. The zero-order chi connectivity index (χ0) is 14.7. The predicted octanol–water partition coefficient (Wildman–Crippen LogP) is 2.21. The summed E-state index contributed by atoms with van der Waals surface area (Å²) < 4.78 is 13.0. The van der Waals surface area contributed by atoms with E-state index >= 15 is 0 Å². The van der Waals surface area contributed by atoms with Gasteiger partial charge in [0.05, 0.1) is 23.9 Å². The number of pyridine rings is 1. The molecule has 2 rings (SSSR count). The van der Waals surface area contributed by atoms with Gasteiger partial charge in [0.25, 0.3) is 5.91 Å². The highest BCUT2D eigenvalue weighted by atomic mass is 35.5. The number of aliphatic carboxylic acids is 1. The lowest BCUT2D eigenvalue weighted by atomic mass is 10.2. The lowest BCUT2D eigenvalue weighted by Gasteiger charge is -2.03. The van der Waals surface area contributed by atoms with Crippen molar-refractivity contribution in [2.75, 3.05) is 5.32 Å². The van der Waals surface area contributed by atoms with Crippen molar-refractivity contribution in [2.45, 2.75) is 6.42 Å². The highest BCUT2D eigenvalue weighted by Crippen LogP contribution is 2.19. The number of carbonyl (C=O) groups excluding carboxylic acids is 1. The average Bonchev–Trinajstić information content (AvgIpc) is 2.78. The summed E-state index contributed by atoms with van der Waals surface area (Å²) in [4.78, 5) is 29.8. The third-order valence-electron chi connectivity index (χ3n) is 2.15. The van der Waals surface area contributed by atoms with E-state index in [1.165, 1.54) is 5.38 Å². The van der Waals surface area contributed by atoms with E-state index in [4.69, 9.17) is 16.7 Å². The Morgan fingerprint density at radius 1 is 1.50 bits per heavy atom. The number of halogens is 2. The Morgan fingerprint density at radius 2 is 2.25 bits per heavy atom. The number of thiazole rings is 1. The molecular weight excluding hydrogens is 309 g/mol. The van der Waals surface area contributed by atoms with Crippen LogP contribution in [0.3, 0.4) is 0 Å². The van der Waals surface area contributed by atoms with Crippen LogP contribution in [0.4, 0.5) is 9.52 Å². The van der Waals surface area contributed by atoms with Gasteiger partial charge in [0.2, 0.25) is 0 Å². The number of nitrogens with zero attached hydrogens (tertiary/aromatic N) is 2. The maximum absolute atomic E-state index is 13.0. The van der Waals surface area contributed by atoms with Crippen molar-refractivity contribution in [3.63, 3.8) is 0 Å². The van der Waals surface area contributed by atoms with E-state index in [0.29, 0.717) is 5.69 Å². The minimum Gasteiger partial charge on any atom is -0.481 e. The molecule has 2 aromatic rings. The lowest BCUT2D eigenvalue weighted by molar-refractivity contribution is -0.136. The zero-order valence-corrected chi connectivity index (χ0v) is 11.3. The summed E-state index contributed by atoms with van der Waals surface area (Å²) in [5.41, 5.74) is 0.197. The second-order valence-electron chi connectivity index (χ2n) is 3.66. The molecule has 104 valence electrons. The Hall–Kier alpha value is -2.06. The molecule has 0 aliphatic rings. The molecule has 0 aliphatic heterocycles. The molecule has 0 aliphatic carbocycles. The minimum atomic E-state index is -1.02. The molecule has 0 bridgehead atoms. The molecule has 0 saturated heterocycles. The third kappa shape index (κ3) is 3.49. The van der Waals surface area contributed by atoms with E-state index in [1.807, 2.05) is 0 Å². The standard InChI is InChI=1S/C11H7ClFN3O3S/c12-9-7(1-5(13)3-14-9)10(19)16-11-15-6(4-20-11)2-8(17)18/h1,3-4H,2H2,(H,17,18)(H,15,16,19). The monoisotopic (exact) mass is 315 g/mol. The van der Waals surface area contributed by atoms with Crippen LogP contribution in [-0.4, -0.2) is 27.0 Å². The number of nitrogens with one attached hydrogen (secondary N) is 1. The summed E-state index contributed by atoms with van der Waals surface area (Å²) in [6.45, 7) is 0. The first kappa shape index (κ1) is 14.4. The molecule has 20 heavy (non-hydrogen) atoms. The number of hydrogen-bond acceptors (Lipinski definition) is 5. The molecule has 0 radical (unpaired) electrons. The van der Waals surface area contributed by atoms with Gasteiger partial charge in [0.1, 0.15) is 11.0 Å². The van der Waals surface area contributed by atoms with E-state index in [2.05, 4.69) is 15.3 Å². The van der Waals surface area contributed by atoms with Crippen LogP contribution in [0.1, 0.15) is 16.1 Å². The number of rotatable bonds is 4. The molecule has 2 aromatic heterocycles. The smallest absolute Gasteiger partial charge is 0.309 e. The highest BCUT2D eigenvalue weighted by molar-refractivity contribution is 7.14. The molecule has 0 spiro atoms. The van der Waals surface area contributed by atoms with Crippen molar-refractivity contribution in [1.29, 1.82) is 0 Å². The average molecular weight is 316 g/mol. The first-order valence-electron chi connectivity index (χ1n) is 5.24. The summed E-state index contributed by atoms with van der Waals surface area (Å²) in [7, 11) is 0. The Morgan fingerprint density at radius 3 is 2.95 bits per heavy atom. The van der Waals surface area contributed by atoms with Crippen LogP contribution in [0.2, 0.25) is 5.15 Å². The van der Waals surface area contributed by atoms with E-state index < -0.39 is 17.7 Å². The van der Waals surface area contributed by atoms with Crippen LogP contribution in [0, 0.1) is 5.82 Å². The topological polar surface area (TPSA) is 92.2 Å². The lowest BCUT2D eigenvalue weighted by Crippen LogP contribution is -2.13. The van der Waals surface area contributed by atoms with E-state index in [1.54, 1.807) is 0 Å². The molecule has 1 amide bonds. The Kier molecular flexibility index (Phi) is 4.26. The molecule has 0 atom stereocenters. The van der Waals surface area contributed by atoms with Gasteiger partial charge >= 0.3 is 5.97 Å². The second kappa shape index (κ2) is 5.93. The van der Waals surface area contributed by atoms with Crippen LogP contribution in [0.15, 0.2) is 17.6 Å². The highest BCUT2D eigenvalue weighted by Gasteiger charge is 2.15. The summed E-state index contributed by atoms with van der Waals surface area (Å²) in [6, 6.07) is 0.955. The van der Waals surface area contributed by atoms with Crippen LogP contribution in [0.5, 0.6) is 0 Å². The van der Waals surface area contributed by atoms with Crippen molar-refractivity contribution in [2.24, 2.45) is 0 Å². The summed E-state index contributed by atoms with van der Waals surface area (Å²) >= 11 is 6.76. The fourth-order valence-corrected chi connectivity index (χ4v) is 2.24. The Bertz CT molecular complexity index is 677. The number of amides is 1. The Labute approximate surface area is 121 Å². The fourth-order valence-electron chi connectivity index (χ4n) is 1.35. The molecule has 2 N–H and O–H groups in total. The van der Waals surface area contributed by atoms with Crippen molar-refractivity contribution >= 4 is 39.9 Å².